The van der Waals surface area contributed by atoms with Crippen LogP contribution in [0.15, 0.2) is 16.7 Å². The number of carbonyl (C=O) groups is 2. The Hall–Kier alpha value is -1.82. The zero-order valence-electron chi connectivity index (χ0n) is 13.1. The van der Waals surface area contributed by atoms with Crippen LogP contribution in [0.5, 0.6) is 0 Å². The zero-order chi connectivity index (χ0) is 15.9. The first-order valence-corrected chi connectivity index (χ1v) is 7.63. The predicted molar refractivity (Wildman–Crippen MR) is 77.4 cm³/mol. The fourth-order valence-corrected chi connectivity index (χ4v) is 3.50. The predicted octanol–water partition coefficient (Wildman–Crippen LogP) is 1.91. The van der Waals surface area contributed by atoms with Crippen LogP contribution >= 0.6 is 0 Å². The van der Waals surface area contributed by atoms with Crippen molar-refractivity contribution in [1.82, 2.24) is 4.90 Å². The molecule has 2 aliphatic heterocycles. The van der Waals surface area contributed by atoms with Crippen molar-refractivity contribution in [3.63, 3.8) is 0 Å². The van der Waals surface area contributed by atoms with Crippen LogP contribution in [0.2, 0.25) is 0 Å². The first-order chi connectivity index (χ1) is 10.5. The summed E-state index contributed by atoms with van der Waals surface area (Å²) in [6.07, 6.45) is 3.00. The van der Waals surface area contributed by atoms with Crippen molar-refractivity contribution in [1.29, 1.82) is 0 Å². The molecule has 4 atom stereocenters. The molecule has 1 aromatic heterocycles. The Morgan fingerprint density at radius 3 is 2.77 bits per heavy atom. The van der Waals surface area contributed by atoms with Gasteiger partial charge in [-0.25, -0.2) is 4.79 Å². The number of carbonyl (C=O) groups excluding carboxylic acids is 2. The second kappa shape index (κ2) is 5.76. The minimum Gasteiger partial charge on any atom is -0.467 e. The number of likely N-dealkylation sites (tertiary alicyclic amines) is 1. The van der Waals surface area contributed by atoms with Crippen molar-refractivity contribution in [3.8, 4) is 0 Å². The highest BCUT2D eigenvalue weighted by molar-refractivity contribution is 5.93. The average molecular weight is 307 g/mol. The number of aryl methyl sites for hydroxylation is 1. The number of fused-ring (bicyclic) bond motifs is 1. The molecule has 1 aromatic rings. The lowest BCUT2D eigenvalue weighted by Gasteiger charge is -2.41. The third kappa shape index (κ3) is 2.41. The third-order valence-corrected chi connectivity index (χ3v) is 4.68. The lowest BCUT2D eigenvalue weighted by molar-refractivity contribution is -0.153. The summed E-state index contributed by atoms with van der Waals surface area (Å²) in [7, 11) is 1.35. The summed E-state index contributed by atoms with van der Waals surface area (Å²) in [4.78, 5) is 26.4. The van der Waals surface area contributed by atoms with E-state index >= 15 is 0 Å². The topological polar surface area (TPSA) is 69.0 Å². The van der Waals surface area contributed by atoms with E-state index in [-0.39, 0.29) is 30.1 Å². The van der Waals surface area contributed by atoms with Gasteiger partial charge in [0.05, 0.1) is 25.5 Å². The molecule has 6 nitrogen and oxygen atoms in total. The highest BCUT2D eigenvalue weighted by Crippen LogP contribution is 2.36. The Bertz CT molecular complexity index is 581. The Morgan fingerprint density at radius 2 is 2.14 bits per heavy atom. The van der Waals surface area contributed by atoms with Crippen molar-refractivity contribution in [2.24, 2.45) is 0 Å². The number of rotatable bonds is 2. The molecule has 1 amide bonds. The van der Waals surface area contributed by atoms with E-state index in [9.17, 15) is 9.59 Å². The minimum absolute atomic E-state index is 0.0956. The summed E-state index contributed by atoms with van der Waals surface area (Å²) in [6.45, 7) is 3.88. The second-order valence-electron chi connectivity index (χ2n) is 6.06. The Balaban J connectivity index is 1.84. The number of piperidine rings is 1. The van der Waals surface area contributed by atoms with E-state index in [1.165, 1.54) is 13.4 Å². The molecule has 3 heterocycles. The molecule has 0 spiro atoms. The van der Waals surface area contributed by atoms with Crippen molar-refractivity contribution in [2.75, 3.05) is 7.11 Å². The molecule has 3 rings (SSSR count). The van der Waals surface area contributed by atoms with Gasteiger partial charge in [0, 0.05) is 18.0 Å². The lowest BCUT2D eigenvalue weighted by atomic mass is 9.92. The van der Waals surface area contributed by atoms with Crippen molar-refractivity contribution in [3.05, 3.63) is 23.7 Å². The molecular formula is C16H21NO5. The van der Waals surface area contributed by atoms with Crippen LogP contribution in [0, 0.1) is 6.92 Å². The highest BCUT2D eigenvalue weighted by atomic mass is 16.6. The normalized spacial score (nSPS) is 31.0. The minimum atomic E-state index is -0.585. The molecular weight excluding hydrogens is 286 g/mol. The monoisotopic (exact) mass is 307 g/mol. The molecule has 120 valence electrons. The quantitative estimate of drug-likeness (QED) is 0.781. The number of esters is 1. The average Bonchev–Trinajstić information content (AvgIpc) is 3.11. The van der Waals surface area contributed by atoms with Gasteiger partial charge >= 0.3 is 5.97 Å². The number of furan rings is 1. The number of hydrogen-bond donors (Lipinski definition) is 0. The molecule has 0 bridgehead atoms. The molecule has 6 heteroatoms. The van der Waals surface area contributed by atoms with Crippen molar-refractivity contribution < 1.29 is 23.5 Å². The molecule has 0 aliphatic carbocycles. The smallest absolute Gasteiger partial charge is 0.335 e. The fraction of sp³-hybridized carbons (Fsp3) is 0.625. The molecule has 2 aliphatic rings. The van der Waals surface area contributed by atoms with Crippen molar-refractivity contribution >= 4 is 11.9 Å². The Morgan fingerprint density at radius 1 is 1.36 bits per heavy atom. The van der Waals surface area contributed by atoms with Crippen LogP contribution < -0.4 is 0 Å². The number of methoxy groups -OCH3 is 1. The van der Waals surface area contributed by atoms with E-state index < -0.39 is 6.10 Å². The summed E-state index contributed by atoms with van der Waals surface area (Å²) >= 11 is 0. The van der Waals surface area contributed by atoms with E-state index in [0.717, 1.165) is 18.4 Å². The lowest BCUT2D eigenvalue weighted by Crippen LogP contribution is -2.53. The molecule has 0 aromatic carbocycles. The third-order valence-electron chi connectivity index (χ3n) is 4.68. The Labute approximate surface area is 129 Å². The number of amides is 1. The van der Waals surface area contributed by atoms with Gasteiger partial charge in [0.1, 0.15) is 0 Å². The molecule has 0 saturated carbocycles. The molecule has 22 heavy (non-hydrogen) atoms. The van der Waals surface area contributed by atoms with E-state index in [2.05, 4.69) is 0 Å². The maximum Gasteiger partial charge on any atom is 0.335 e. The summed E-state index contributed by atoms with van der Waals surface area (Å²) in [5, 5.41) is 0. The van der Waals surface area contributed by atoms with E-state index in [4.69, 9.17) is 13.9 Å². The molecule has 2 fully saturated rings. The largest absolute Gasteiger partial charge is 0.467 e. The molecule has 0 unspecified atom stereocenters. The molecule has 2 saturated heterocycles. The SMILES string of the molecule is COC(=O)[C@@H]1C[C@@H]2[C@H](CC[C@@H](C)N2C(=O)c2occc2C)O1. The van der Waals surface area contributed by atoms with Gasteiger partial charge in [0.2, 0.25) is 0 Å². The van der Waals surface area contributed by atoms with Crippen LogP contribution in [0.4, 0.5) is 0 Å². The van der Waals surface area contributed by atoms with Crippen molar-refractivity contribution in [2.45, 2.75) is 57.4 Å². The van der Waals surface area contributed by atoms with Gasteiger partial charge in [-0.05, 0) is 32.8 Å². The van der Waals surface area contributed by atoms with Gasteiger partial charge < -0.3 is 18.8 Å². The standard InChI is InChI=1S/C16H21NO5/c1-9-6-7-21-14(9)15(18)17-10(2)4-5-12-11(17)8-13(22-12)16(19)20-3/h6-7,10-13H,4-5,8H2,1-3H3/t10-,11-,12+,13+/m1/s1. The van der Waals surface area contributed by atoms with Crippen LogP contribution in [0.1, 0.15) is 42.3 Å². The molecule has 0 N–H and O–H groups in total. The van der Waals surface area contributed by atoms with E-state index in [1.54, 1.807) is 6.07 Å². The van der Waals surface area contributed by atoms with Gasteiger partial charge in [0.15, 0.2) is 11.9 Å². The van der Waals surface area contributed by atoms with Gasteiger partial charge in [-0.3, -0.25) is 4.79 Å². The summed E-state index contributed by atoms with van der Waals surface area (Å²) in [5.41, 5.74) is 0.822. The highest BCUT2D eigenvalue weighted by Gasteiger charge is 2.48. The maximum atomic E-state index is 12.8. The zero-order valence-corrected chi connectivity index (χ0v) is 13.1. The van der Waals surface area contributed by atoms with Gasteiger partial charge in [-0.2, -0.15) is 0 Å². The Kier molecular flexibility index (Phi) is 3.95. The van der Waals surface area contributed by atoms with E-state index in [1.807, 2.05) is 18.7 Å². The maximum absolute atomic E-state index is 12.8. The van der Waals surface area contributed by atoms with Gasteiger partial charge in [0.25, 0.3) is 5.91 Å². The second-order valence-corrected chi connectivity index (χ2v) is 6.06. The number of hydrogen-bond acceptors (Lipinski definition) is 5. The summed E-state index contributed by atoms with van der Waals surface area (Å²) in [5.74, 6) is -0.128. The first-order valence-electron chi connectivity index (χ1n) is 7.63. The summed E-state index contributed by atoms with van der Waals surface area (Å²) < 4.78 is 15.9. The van der Waals surface area contributed by atoms with E-state index in [0.29, 0.717) is 12.2 Å². The van der Waals surface area contributed by atoms with Crippen LogP contribution in [0.3, 0.4) is 0 Å². The number of ether oxygens (including phenoxy) is 2. The summed E-state index contributed by atoms with van der Waals surface area (Å²) in [6, 6.07) is 1.77. The van der Waals surface area contributed by atoms with Crippen LogP contribution in [0.25, 0.3) is 0 Å². The first kappa shape index (κ1) is 15.1. The van der Waals surface area contributed by atoms with Gasteiger partial charge in [-0.1, -0.05) is 0 Å². The van der Waals surface area contributed by atoms with Crippen LogP contribution in [-0.4, -0.2) is 48.2 Å². The molecule has 0 radical (unpaired) electrons. The van der Waals surface area contributed by atoms with Gasteiger partial charge in [-0.15, -0.1) is 0 Å². The van der Waals surface area contributed by atoms with Crippen LogP contribution in [-0.2, 0) is 14.3 Å². The number of nitrogens with zero attached hydrogens (tertiary/aromatic N) is 1. The fourth-order valence-electron chi connectivity index (χ4n) is 3.50.